The molecule has 3 rings (SSSR count). The molecule has 6 nitrogen and oxygen atoms in total. The maximum absolute atomic E-state index is 5.28. The minimum atomic E-state index is 0.609. The molecule has 3 aromatic rings. The summed E-state index contributed by atoms with van der Waals surface area (Å²) in [7, 11) is 0. The molecule has 0 aliphatic rings. The highest BCUT2D eigenvalue weighted by Crippen LogP contribution is 2.18. The zero-order valence-corrected chi connectivity index (χ0v) is 11.4. The van der Waals surface area contributed by atoms with Gasteiger partial charge in [-0.15, -0.1) is 5.10 Å². The molecule has 0 unspecified atom stereocenters. The summed E-state index contributed by atoms with van der Waals surface area (Å²) in [4.78, 5) is 4.15. The van der Waals surface area contributed by atoms with E-state index in [0.717, 1.165) is 20.3 Å². The fourth-order valence-electron chi connectivity index (χ4n) is 1.68. The van der Waals surface area contributed by atoms with Crippen LogP contribution in [0, 0.1) is 3.57 Å². The molecule has 0 spiro atoms. The van der Waals surface area contributed by atoms with Crippen LogP contribution in [0.1, 0.15) is 0 Å². The quantitative estimate of drug-likeness (QED) is 0.417. The molecule has 0 amide bonds. The van der Waals surface area contributed by atoms with Crippen LogP contribution < -0.4 is 11.3 Å². The maximum Gasteiger partial charge on any atom is 0.140 e. The van der Waals surface area contributed by atoms with Crippen LogP contribution in [0.15, 0.2) is 36.5 Å². The lowest BCUT2D eigenvalue weighted by atomic mass is 10.3. The Hall–Kier alpha value is -1.74. The molecule has 7 heteroatoms. The van der Waals surface area contributed by atoms with Crippen molar-refractivity contribution in [3.8, 4) is 5.69 Å². The second-order valence-electron chi connectivity index (χ2n) is 3.68. The lowest BCUT2D eigenvalue weighted by Crippen LogP contribution is -2.08. The number of aromatic nitrogens is 4. The van der Waals surface area contributed by atoms with Gasteiger partial charge in [-0.2, -0.15) is 0 Å². The molecule has 2 heterocycles. The minimum absolute atomic E-state index is 0.609. The van der Waals surface area contributed by atoms with E-state index in [0.29, 0.717) is 5.82 Å². The van der Waals surface area contributed by atoms with Crippen LogP contribution in [0.5, 0.6) is 0 Å². The number of hydrogen-bond donors (Lipinski definition) is 2. The standard InChI is InChI=1S/C11H9IN6/c12-7-1-3-10-9(5-7)16-17-18(10)8-2-4-11(15-13)14-6-8/h1-6H,13H2,(H,14,15). The van der Waals surface area contributed by atoms with Crippen molar-refractivity contribution in [2.24, 2.45) is 5.84 Å². The first-order valence-electron chi connectivity index (χ1n) is 5.22. The van der Waals surface area contributed by atoms with Crippen LogP contribution in [0.25, 0.3) is 16.7 Å². The molecule has 0 bridgehead atoms. The van der Waals surface area contributed by atoms with Gasteiger partial charge in [0.1, 0.15) is 11.3 Å². The van der Waals surface area contributed by atoms with E-state index in [1.807, 2.05) is 24.3 Å². The third-order valence-corrected chi connectivity index (χ3v) is 3.22. The first-order valence-corrected chi connectivity index (χ1v) is 6.30. The Morgan fingerprint density at radius 1 is 1.22 bits per heavy atom. The first-order chi connectivity index (χ1) is 8.78. The SMILES string of the molecule is NNc1ccc(-n2nnc3cc(I)ccc32)cn1. The van der Waals surface area contributed by atoms with E-state index in [1.165, 1.54) is 0 Å². The molecule has 90 valence electrons. The van der Waals surface area contributed by atoms with E-state index >= 15 is 0 Å². The number of benzene rings is 1. The lowest BCUT2D eigenvalue weighted by Gasteiger charge is -2.03. The number of rotatable bonds is 2. The fourth-order valence-corrected chi connectivity index (χ4v) is 2.16. The number of nitrogens with two attached hydrogens (primary N) is 1. The first kappa shape index (κ1) is 11.4. The van der Waals surface area contributed by atoms with E-state index in [1.54, 1.807) is 16.9 Å². The number of nitrogens with one attached hydrogen (secondary N) is 1. The normalized spacial score (nSPS) is 10.8. The van der Waals surface area contributed by atoms with Crippen molar-refractivity contribution in [2.45, 2.75) is 0 Å². The van der Waals surface area contributed by atoms with Gasteiger partial charge in [0.25, 0.3) is 0 Å². The topological polar surface area (TPSA) is 81.6 Å². The molecule has 0 aliphatic carbocycles. The number of nitrogen functional groups attached to an aromatic ring is 1. The maximum atomic E-state index is 5.28. The predicted octanol–water partition coefficient (Wildman–Crippen LogP) is 1.71. The van der Waals surface area contributed by atoms with Gasteiger partial charge in [-0.1, -0.05) is 5.21 Å². The number of nitrogens with zero attached hydrogens (tertiary/aromatic N) is 4. The zero-order valence-electron chi connectivity index (χ0n) is 9.21. The highest BCUT2D eigenvalue weighted by atomic mass is 127. The summed E-state index contributed by atoms with van der Waals surface area (Å²) in [5.41, 5.74) is 5.15. The summed E-state index contributed by atoms with van der Waals surface area (Å²) in [5.74, 6) is 5.89. The van der Waals surface area contributed by atoms with Crippen LogP contribution in [0.3, 0.4) is 0 Å². The molecule has 0 atom stereocenters. The molecular formula is C11H9IN6. The van der Waals surface area contributed by atoms with Gasteiger partial charge < -0.3 is 5.43 Å². The summed E-state index contributed by atoms with van der Waals surface area (Å²) in [6, 6.07) is 9.67. The van der Waals surface area contributed by atoms with Crippen molar-refractivity contribution in [1.29, 1.82) is 0 Å². The Morgan fingerprint density at radius 2 is 2.11 bits per heavy atom. The third-order valence-electron chi connectivity index (χ3n) is 2.55. The molecule has 1 aromatic carbocycles. The molecule has 0 fully saturated rings. The van der Waals surface area contributed by atoms with Crippen LogP contribution in [0.2, 0.25) is 0 Å². The van der Waals surface area contributed by atoms with Gasteiger partial charge in [0.2, 0.25) is 0 Å². The van der Waals surface area contributed by atoms with Gasteiger partial charge in [-0.3, -0.25) is 0 Å². The van der Waals surface area contributed by atoms with E-state index in [-0.39, 0.29) is 0 Å². The van der Waals surface area contributed by atoms with Crippen molar-refractivity contribution in [3.63, 3.8) is 0 Å². The summed E-state index contributed by atoms with van der Waals surface area (Å²) in [6.45, 7) is 0. The highest BCUT2D eigenvalue weighted by molar-refractivity contribution is 14.1. The van der Waals surface area contributed by atoms with Gasteiger partial charge >= 0.3 is 0 Å². The minimum Gasteiger partial charge on any atom is -0.308 e. The average molecular weight is 352 g/mol. The second-order valence-corrected chi connectivity index (χ2v) is 4.93. The predicted molar refractivity (Wildman–Crippen MR) is 77.2 cm³/mol. The Morgan fingerprint density at radius 3 is 2.83 bits per heavy atom. The number of halogens is 1. The van der Waals surface area contributed by atoms with Gasteiger partial charge in [0, 0.05) is 3.57 Å². The zero-order chi connectivity index (χ0) is 12.5. The van der Waals surface area contributed by atoms with Crippen molar-refractivity contribution in [1.82, 2.24) is 20.0 Å². The Labute approximate surface area is 116 Å². The number of pyridine rings is 1. The average Bonchev–Trinajstić information content (AvgIpc) is 2.81. The Kier molecular flexibility index (Phi) is 2.84. The molecule has 3 N–H and O–H groups in total. The van der Waals surface area contributed by atoms with Crippen molar-refractivity contribution in [3.05, 3.63) is 40.1 Å². The molecule has 0 saturated carbocycles. The molecular weight excluding hydrogens is 343 g/mol. The van der Waals surface area contributed by atoms with Crippen molar-refractivity contribution >= 4 is 39.4 Å². The third kappa shape index (κ3) is 1.91. The molecule has 2 aromatic heterocycles. The summed E-state index contributed by atoms with van der Waals surface area (Å²) >= 11 is 2.25. The smallest absolute Gasteiger partial charge is 0.140 e. The van der Waals surface area contributed by atoms with E-state index in [9.17, 15) is 0 Å². The van der Waals surface area contributed by atoms with Crippen LogP contribution >= 0.6 is 22.6 Å². The number of anilines is 1. The van der Waals surface area contributed by atoms with Crippen LogP contribution in [0.4, 0.5) is 5.82 Å². The monoisotopic (exact) mass is 352 g/mol. The van der Waals surface area contributed by atoms with Crippen LogP contribution in [-0.4, -0.2) is 20.0 Å². The number of hydrazine groups is 1. The fraction of sp³-hybridized carbons (Fsp3) is 0. The molecule has 18 heavy (non-hydrogen) atoms. The Balaban J connectivity index is 2.13. The Bertz CT molecular complexity index is 690. The number of hydrogen-bond acceptors (Lipinski definition) is 5. The summed E-state index contributed by atoms with van der Waals surface area (Å²) in [5, 5.41) is 8.27. The lowest BCUT2D eigenvalue weighted by molar-refractivity contribution is 0.820. The van der Waals surface area contributed by atoms with Gasteiger partial charge in [-0.25, -0.2) is 15.5 Å². The van der Waals surface area contributed by atoms with Crippen LogP contribution in [-0.2, 0) is 0 Å². The van der Waals surface area contributed by atoms with E-state index < -0.39 is 0 Å². The highest BCUT2D eigenvalue weighted by Gasteiger charge is 2.06. The summed E-state index contributed by atoms with van der Waals surface area (Å²) < 4.78 is 2.88. The van der Waals surface area contributed by atoms with E-state index in [2.05, 4.69) is 43.3 Å². The molecule has 0 radical (unpaired) electrons. The van der Waals surface area contributed by atoms with Crippen molar-refractivity contribution < 1.29 is 0 Å². The van der Waals surface area contributed by atoms with E-state index in [4.69, 9.17) is 5.84 Å². The van der Waals surface area contributed by atoms with Gasteiger partial charge in [-0.05, 0) is 52.9 Å². The van der Waals surface area contributed by atoms with Crippen molar-refractivity contribution in [2.75, 3.05) is 5.43 Å². The molecule has 0 saturated heterocycles. The summed E-state index contributed by atoms with van der Waals surface area (Å²) in [6.07, 6.45) is 1.70. The molecule has 0 aliphatic heterocycles. The van der Waals surface area contributed by atoms with Gasteiger partial charge in [0.05, 0.1) is 17.4 Å². The number of fused-ring (bicyclic) bond motifs is 1. The second kappa shape index (κ2) is 4.50. The largest absolute Gasteiger partial charge is 0.308 e. The van der Waals surface area contributed by atoms with Gasteiger partial charge in [0.15, 0.2) is 0 Å².